The van der Waals surface area contributed by atoms with E-state index in [9.17, 15) is 4.79 Å². The Morgan fingerprint density at radius 3 is 3.08 bits per heavy atom. The van der Waals surface area contributed by atoms with Crippen molar-refractivity contribution in [2.45, 2.75) is 6.42 Å². The molecule has 0 saturated heterocycles. The lowest BCUT2D eigenvalue weighted by atomic mass is 10.1. The van der Waals surface area contributed by atoms with Gasteiger partial charge in [-0.05, 0) is 11.3 Å². The minimum atomic E-state index is 0.0808. The molecule has 0 saturated carbocycles. The Morgan fingerprint density at radius 1 is 1.42 bits per heavy atom. The first kappa shape index (κ1) is 7.50. The molecule has 0 bridgehead atoms. The molecule has 0 N–H and O–H groups in total. The molecule has 1 aliphatic rings. The lowest BCUT2D eigenvalue weighted by Crippen LogP contribution is -2.31. The number of rotatable bonds is 0. The number of hydrogen-bond donors (Lipinski definition) is 0. The van der Waals surface area contributed by atoms with Gasteiger partial charge in [-0.1, -0.05) is 23.7 Å². The molecule has 0 amide bonds. The van der Waals surface area contributed by atoms with Gasteiger partial charge < -0.3 is 0 Å². The van der Waals surface area contributed by atoms with Gasteiger partial charge >= 0.3 is 0 Å². The predicted octanol–water partition coefficient (Wildman–Crippen LogP) is 0.269. The molecule has 1 aromatic heterocycles. The van der Waals surface area contributed by atoms with Crippen LogP contribution in [0.3, 0.4) is 0 Å². The highest BCUT2D eigenvalue weighted by Gasteiger charge is 2.01. The summed E-state index contributed by atoms with van der Waals surface area (Å²) in [6.07, 6.45) is 3.86. The van der Waals surface area contributed by atoms with Gasteiger partial charge in [-0.25, -0.2) is 4.98 Å². The molecule has 2 nitrogen and oxygen atoms in total. The van der Waals surface area contributed by atoms with Crippen LogP contribution in [-0.4, -0.2) is 10.8 Å². The SMILES string of the molecule is O=C1C=c2nc(Cl)ccc2=CC1. The van der Waals surface area contributed by atoms with Crippen molar-refractivity contribution in [3.63, 3.8) is 0 Å². The van der Waals surface area contributed by atoms with Crippen LogP contribution in [0.15, 0.2) is 12.1 Å². The van der Waals surface area contributed by atoms with Crippen molar-refractivity contribution in [2.24, 2.45) is 0 Å². The van der Waals surface area contributed by atoms with Crippen LogP contribution in [0.5, 0.6) is 0 Å². The van der Waals surface area contributed by atoms with Crippen LogP contribution in [0.2, 0.25) is 5.15 Å². The normalized spacial score (nSPS) is 14.6. The van der Waals surface area contributed by atoms with Gasteiger partial charge in [0.25, 0.3) is 0 Å². The van der Waals surface area contributed by atoms with Crippen molar-refractivity contribution in [3.8, 4) is 0 Å². The van der Waals surface area contributed by atoms with E-state index in [0.29, 0.717) is 16.9 Å². The molecular weight excluding hydrogens is 174 g/mol. The molecule has 0 aromatic carbocycles. The van der Waals surface area contributed by atoms with Crippen molar-refractivity contribution in [1.82, 2.24) is 4.98 Å². The van der Waals surface area contributed by atoms with Crippen LogP contribution < -0.4 is 10.6 Å². The Hall–Kier alpha value is -1.15. The standard InChI is InChI=1S/C9H6ClNO/c10-9-4-2-6-1-3-7(12)5-8(6)11-9/h1-2,4-5H,3H2. The van der Waals surface area contributed by atoms with Crippen LogP contribution in [0.4, 0.5) is 0 Å². The van der Waals surface area contributed by atoms with Crippen molar-refractivity contribution >= 4 is 29.5 Å². The fourth-order valence-corrected chi connectivity index (χ4v) is 1.33. The van der Waals surface area contributed by atoms with E-state index in [1.165, 1.54) is 6.08 Å². The molecule has 1 heterocycles. The first-order chi connectivity index (χ1) is 5.75. The van der Waals surface area contributed by atoms with Crippen LogP contribution in [-0.2, 0) is 4.79 Å². The van der Waals surface area contributed by atoms with E-state index in [-0.39, 0.29) is 5.78 Å². The maximum absolute atomic E-state index is 11.0. The number of ketones is 1. The summed E-state index contributed by atoms with van der Waals surface area (Å²) in [7, 11) is 0. The number of nitrogens with zero attached hydrogens (tertiary/aromatic N) is 1. The van der Waals surface area contributed by atoms with E-state index in [2.05, 4.69) is 4.98 Å². The summed E-state index contributed by atoms with van der Waals surface area (Å²) < 4.78 is 0. The Bertz CT molecular complexity index is 450. The third-order valence-corrected chi connectivity index (χ3v) is 1.95. The van der Waals surface area contributed by atoms with Crippen molar-refractivity contribution < 1.29 is 4.79 Å². The number of hydrogen-bond acceptors (Lipinski definition) is 2. The number of halogens is 1. The van der Waals surface area contributed by atoms with Crippen LogP contribution in [0.1, 0.15) is 6.42 Å². The number of aromatic nitrogens is 1. The Kier molecular flexibility index (Phi) is 1.70. The molecule has 3 heteroatoms. The second-order valence-corrected chi connectivity index (χ2v) is 3.01. The second-order valence-electron chi connectivity index (χ2n) is 2.63. The molecule has 0 aliphatic heterocycles. The predicted molar refractivity (Wildman–Crippen MR) is 47.1 cm³/mol. The number of carbonyl (C=O) groups is 1. The van der Waals surface area contributed by atoms with Gasteiger partial charge in [0.15, 0.2) is 5.78 Å². The van der Waals surface area contributed by atoms with Crippen LogP contribution >= 0.6 is 11.6 Å². The molecular formula is C9H6ClNO. The van der Waals surface area contributed by atoms with Crippen molar-refractivity contribution in [1.29, 1.82) is 0 Å². The largest absolute Gasteiger partial charge is 0.294 e. The average molecular weight is 180 g/mol. The van der Waals surface area contributed by atoms with Crippen LogP contribution in [0, 0.1) is 0 Å². The zero-order valence-corrected chi connectivity index (χ0v) is 7.01. The van der Waals surface area contributed by atoms with E-state index >= 15 is 0 Å². The van der Waals surface area contributed by atoms with Gasteiger partial charge in [-0.15, -0.1) is 0 Å². The highest BCUT2D eigenvalue weighted by molar-refractivity contribution is 6.29. The van der Waals surface area contributed by atoms with Crippen molar-refractivity contribution in [3.05, 3.63) is 27.9 Å². The van der Waals surface area contributed by atoms with Gasteiger partial charge in [0.1, 0.15) is 5.15 Å². The monoisotopic (exact) mass is 179 g/mol. The Balaban J connectivity index is 2.81. The Labute approximate surface area is 74.2 Å². The molecule has 0 spiro atoms. The van der Waals surface area contributed by atoms with Crippen LogP contribution in [0.25, 0.3) is 12.2 Å². The lowest BCUT2D eigenvalue weighted by Gasteiger charge is -1.97. The zero-order chi connectivity index (χ0) is 8.55. The topological polar surface area (TPSA) is 30.0 Å². The summed E-state index contributed by atoms with van der Waals surface area (Å²) >= 11 is 5.67. The number of carbonyl (C=O) groups excluding carboxylic acids is 1. The Morgan fingerprint density at radius 2 is 2.25 bits per heavy atom. The highest BCUT2D eigenvalue weighted by atomic mass is 35.5. The second kappa shape index (κ2) is 2.72. The van der Waals surface area contributed by atoms with E-state index < -0.39 is 0 Å². The first-order valence-electron chi connectivity index (χ1n) is 3.63. The first-order valence-corrected chi connectivity index (χ1v) is 4.01. The van der Waals surface area contributed by atoms with E-state index in [1.54, 1.807) is 6.07 Å². The number of pyridine rings is 1. The molecule has 0 radical (unpaired) electrons. The molecule has 2 rings (SSSR count). The summed E-state index contributed by atoms with van der Waals surface area (Å²) in [5.41, 5.74) is 0. The minimum absolute atomic E-state index is 0.0808. The fraction of sp³-hybridized carbons (Fsp3) is 0.111. The van der Waals surface area contributed by atoms with Gasteiger partial charge in [-0.3, -0.25) is 4.79 Å². The zero-order valence-electron chi connectivity index (χ0n) is 6.25. The van der Waals surface area contributed by atoms with E-state index in [0.717, 1.165) is 5.22 Å². The summed E-state index contributed by atoms with van der Waals surface area (Å²) in [6, 6.07) is 3.59. The smallest absolute Gasteiger partial charge is 0.161 e. The highest BCUT2D eigenvalue weighted by Crippen LogP contribution is 1.97. The summed E-state index contributed by atoms with van der Waals surface area (Å²) in [5, 5.41) is 2.09. The number of Topliss-reactive ketones (excluding diaryl/α,β-unsaturated/α-hetero) is 1. The molecule has 1 aliphatic carbocycles. The van der Waals surface area contributed by atoms with Gasteiger partial charge in [0, 0.05) is 12.5 Å². The number of fused-ring (bicyclic) bond motifs is 1. The van der Waals surface area contributed by atoms with Crippen molar-refractivity contribution in [2.75, 3.05) is 0 Å². The maximum atomic E-state index is 11.0. The van der Waals surface area contributed by atoms with Gasteiger partial charge in [0.2, 0.25) is 0 Å². The minimum Gasteiger partial charge on any atom is -0.294 e. The average Bonchev–Trinajstić information content (AvgIpc) is 2.03. The molecule has 0 unspecified atom stereocenters. The fourth-order valence-electron chi connectivity index (χ4n) is 1.17. The lowest BCUT2D eigenvalue weighted by molar-refractivity contribution is -0.112. The third kappa shape index (κ3) is 1.25. The molecule has 60 valence electrons. The third-order valence-electron chi connectivity index (χ3n) is 1.74. The summed E-state index contributed by atoms with van der Waals surface area (Å²) in [4.78, 5) is 15.0. The molecule has 0 atom stereocenters. The molecule has 0 fully saturated rings. The molecule has 12 heavy (non-hydrogen) atoms. The van der Waals surface area contributed by atoms with E-state index in [1.807, 2.05) is 12.1 Å². The summed E-state index contributed by atoms with van der Waals surface area (Å²) in [6.45, 7) is 0. The maximum Gasteiger partial charge on any atom is 0.161 e. The summed E-state index contributed by atoms with van der Waals surface area (Å²) in [5.74, 6) is 0.0808. The molecule has 1 aromatic rings. The van der Waals surface area contributed by atoms with Gasteiger partial charge in [0.05, 0.1) is 5.35 Å². The van der Waals surface area contributed by atoms with E-state index in [4.69, 9.17) is 11.6 Å². The van der Waals surface area contributed by atoms with Gasteiger partial charge in [-0.2, -0.15) is 0 Å². The quantitative estimate of drug-likeness (QED) is 0.535.